The first-order valence-electron chi connectivity index (χ1n) is 5.29. The van der Waals surface area contributed by atoms with Crippen molar-refractivity contribution in [3.8, 4) is 0 Å². The van der Waals surface area contributed by atoms with Crippen molar-refractivity contribution >= 4 is 0 Å². The molecule has 0 atom stereocenters. The number of H-pyrrole nitrogens is 1. The number of hydrogen-bond acceptors (Lipinski definition) is 2. The lowest BCUT2D eigenvalue weighted by Crippen LogP contribution is -2.38. The Hall–Kier alpha value is -0.830. The normalized spacial score (nSPS) is 12.0. The van der Waals surface area contributed by atoms with Gasteiger partial charge in [-0.2, -0.15) is 0 Å². The van der Waals surface area contributed by atoms with E-state index < -0.39 is 0 Å². The molecule has 2 N–H and O–H groups in total. The lowest BCUT2D eigenvalue weighted by atomic mass is 9.99. The van der Waals surface area contributed by atoms with E-state index in [1.165, 1.54) is 12.8 Å². The molecular formula is C11H21N3. The van der Waals surface area contributed by atoms with Crippen LogP contribution in [0.15, 0.2) is 6.20 Å². The van der Waals surface area contributed by atoms with Gasteiger partial charge in [0.2, 0.25) is 0 Å². The summed E-state index contributed by atoms with van der Waals surface area (Å²) < 4.78 is 0. The molecule has 0 unspecified atom stereocenters. The Morgan fingerprint density at radius 3 is 2.71 bits per heavy atom. The third-order valence-electron chi connectivity index (χ3n) is 2.39. The van der Waals surface area contributed by atoms with Gasteiger partial charge >= 0.3 is 0 Å². The third-order valence-corrected chi connectivity index (χ3v) is 2.39. The largest absolute Gasteiger partial charge is 0.345 e. The topological polar surface area (TPSA) is 40.7 Å². The molecule has 0 amide bonds. The smallest absolute Gasteiger partial charge is 0.103 e. The van der Waals surface area contributed by atoms with Gasteiger partial charge in [0.05, 0.1) is 0 Å². The summed E-state index contributed by atoms with van der Waals surface area (Å²) in [6.07, 6.45) is 4.30. The van der Waals surface area contributed by atoms with Gasteiger partial charge in [0.25, 0.3) is 0 Å². The molecule has 0 aliphatic rings. The summed E-state index contributed by atoms with van der Waals surface area (Å²) in [6.45, 7) is 9.53. The summed E-state index contributed by atoms with van der Waals surface area (Å²) in [5.41, 5.74) is 1.37. The van der Waals surface area contributed by atoms with Crippen LogP contribution in [0.25, 0.3) is 0 Å². The van der Waals surface area contributed by atoms with Gasteiger partial charge in [0.1, 0.15) is 5.82 Å². The fourth-order valence-electron chi connectivity index (χ4n) is 1.61. The predicted octanol–water partition coefficient (Wildman–Crippen LogP) is 2.39. The van der Waals surface area contributed by atoms with Crippen LogP contribution in [0, 0.1) is 6.92 Å². The van der Waals surface area contributed by atoms with E-state index >= 15 is 0 Å². The molecule has 0 aliphatic heterocycles. The van der Waals surface area contributed by atoms with E-state index in [2.05, 4.69) is 36.1 Å². The van der Waals surface area contributed by atoms with Gasteiger partial charge in [-0.05, 0) is 27.2 Å². The minimum absolute atomic E-state index is 0.216. The van der Waals surface area contributed by atoms with Crippen molar-refractivity contribution < 1.29 is 0 Å². The first-order valence-corrected chi connectivity index (χ1v) is 5.29. The van der Waals surface area contributed by atoms with Crippen LogP contribution in [0.1, 0.15) is 45.1 Å². The highest BCUT2D eigenvalue weighted by Gasteiger charge is 2.15. The molecule has 3 nitrogen and oxygen atoms in total. The van der Waals surface area contributed by atoms with Gasteiger partial charge in [-0.1, -0.05) is 13.3 Å². The molecule has 0 fully saturated rings. The van der Waals surface area contributed by atoms with Crippen molar-refractivity contribution in [1.82, 2.24) is 15.3 Å². The molecule has 0 aliphatic carbocycles. The van der Waals surface area contributed by atoms with E-state index in [0.717, 1.165) is 18.1 Å². The standard InChI is InChI=1S/C11H21N3/c1-5-6-11(3,4)13-8-10-7-12-9(2)14-10/h7,13H,5-6,8H2,1-4H3,(H,12,14). The molecule has 0 saturated carbocycles. The third kappa shape index (κ3) is 3.50. The minimum atomic E-state index is 0.216. The Kier molecular flexibility index (Phi) is 3.69. The Bertz CT molecular complexity index is 276. The number of imidazole rings is 1. The van der Waals surface area contributed by atoms with Gasteiger partial charge in [-0.25, -0.2) is 4.98 Å². The van der Waals surface area contributed by atoms with E-state index in [0.29, 0.717) is 0 Å². The number of aryl methyl sites for hydroxylation is 1. The van der Waals surface area contributed by atoms with Crippen molar-refractivity contribution in [3.63, 3.8) is 0 Å². The van der Waals surface area contributed by atoms with E-state index in [1.807, 2.05) is 13.1 Å². The van der Waals surface area contributed by atoms with Crippen LogP contribution in [0.5, 0.6) is 0 Å². The second-order valence-electron chi connectivity index (χ2n) is 4.48. The maximum atomic E-state index is 4.17. The lowest BCUT2D eigenvalue weighted by Gasteiger charge is -2.25. The average Bonchev–Trinajstić information content (AvgIpc) is 2.48. The number of rotatable bonds is 5. The number of aromatic amines is 1. The fourth-order valence-corrected chi connectivity index (χ4v) is 1.61. The molecule has 1 aromatic rings. The SMILES string of the molecule is CCCC(C)(C)NCc1cnc(C)[nH]1. The van der Waals surface area contributed by atoms with Crippen molar-refractivity contribution in [2.75, 3.05) is 0 Å². The highest BCUT2D eigenvalue weighted by atomic mass is 15.0. The fraction of sp³-hybridized carbons (Fsp3) is 0.727. The molecule has 3 heteroatoms. The van der Waals surface area contributed by atoms with Gasteiger partial charge in [0, 0.05) is 24.0 Å². The van der Waals surface area contributed by atoms with Crippen LogP contribution < -0.4 is 5.32 Å². The summed E-state index contributed by atoms with van der Waals surface area (Å²) in [5, 5.41) is 3.52. The number of hydrogen-bond donors (Lipinski definition) is 2. The van der Waals surface area contributed by atoms with E-state index in [4.69, 9.17) is 0 Å². The zero-order valence-electron chi connectivity index (χ0n) is 9.65. The first-order chi connectivity index (χ1) is 6.53. The summed E-state index contributed by atoms with van der Waals surface area (Å²) in [7, 11) is 0. The molecular weight excluding hydrogens is 174 g/mol. The lowest BCUT2D eigenvalue weighted by molar-refractivity contribution is 0.355. The maximum absolute atomic E-state index is 4.17. The van der Waals surface area contributed by atoms with E-state index in [9.17, 15) is 0 Å². The highest BCUT2D eigenvalue weighted by molar-refractivity contribution is 5.00. The highest BCUT2D eigenvalue weighted by Crippen LogP contribution is 2.11. The van der Waals surface area contributed by atoms with Crippen molar-refractivity contribution in [2.24, 2.45) is 0 Å². The number of nitrogens with one attached hydrogen (secondary N) is 2. The molecule has 0 spiro atoms. The molecule has 80 valence electrons. The summed E-state index contributed by atoms with van der Waals surface area (Å²) in [6, 6.07) is 0. The number of aromatic nitrogens is 2. The van der Waals surface area contributed by atoms with Crippen molar-refractivity contribution in [1.29, 1.82) is 0 Å². The molecule has 0 bridgehead atoms. The zero-order valence-corrected chi connectivity index (χ0v) is 9.65. The van der Waals surface area contributed by atoms with Crippen LogP contribution in [0.2, 0.25) is 0 Å². The number of nitrogens with zero attached hydrogens (tertiary/aromatic N) is 1. The monoisotopic (exact) mass is 195 g/mol. The van der Waals surface area contributed by atoms with E-state index in [-0.39, 0.29) is 5.54 Å². The van der Waals surface area contributed by atoms with Gasteiger partial charge < -0.3 is 10.3 Å². The Morgan fingerprint density at radius 2 is 2.21 bits per heavy atom. The van der Waals surface area contributed by atoms with Crippen molar-refractivity contribution in [3.05, 3.63) is 17.7 Å². The average molecular weight is 195 g/mol. The Labute approximate surface area is 86.3 Å². The van der Waals surface area contributed by atoms with Gasteiger partial charge in [0.15, 0.2) is 0 Å². The molecule has 0 saturated heterocycles. The van der Waals surface area contributed by atoms with Crippen molar-refractivity contribution in [2.45, 2.75) is 52.6 Å². The molecule has 1 rings (SSSR count). The van der Waals surface area contributed by atoms with Gasteiger partial charge in [-0.15, -0.1) is 0 Å². The molecule has 14 heavy (non-hydrogen) atoms. The summed E-state index contributed by atoms with van der Waals surface area (Å²) >= 11 is 0. The maximum Gasteiger partial charge on any atom is 0.103 e. The van der Waals surface area contributed by atoms with E-state index in [1.54, 1.807) is 0 Å². The van der Waals surface area contributed by atoms with Crippen LogP contribution in [-0.4, -0.2) is 15.5 Å². The van der Waals surface area contributed by atoms with Gasteiger partial charge in [-0.3, -0.25) is 0 Å². The molecule has 0 aromatic carbocycles. The zero-order chi connectivity index (χ0) is 10.6. The van der Waals surface area contributed by atoms with Crippen LogP contribution in [0.3, 0.4) is 0 Å². The molecule has 1 heterocycles. The second-order valence-corrected chi connectivity index (χ2v) is 4.48. The summed E-state index contributed by atoms with van der Waals surface area (Å²) in [4.78, 5) is 7.38. The molecule has 1 aromatic heterocycles. The summed E-state index contributed by atoms with van der Waals surface area (Å²) in [5.74, 6) is 0.982. The Morgan fingerprint density at radius 1 is 1.50 bits per heavy atom. The molecule has 0 radical (unpaired) electrons. The quantitative estimate of drug-likeness (QED) is 0.757. The van der Waals surface area contributed by atoms with Crippen LogP contribution >= 0.6 is 0 Å². The van der Waals surface area contributed by atoms with Crippen LogP contribution in [0.4, 0.5) is 0 Å². The Balaban J connectivity index is 2.40. The predicted molar refractivity (Wildman–Crippen MR) is 59.2 cm³/mol. The van der Waals surface area contributed by atoms with Crippen LogP contribution in [-0.2, 0) is 6.54 Å². The minimum Gasteiger partial charge on any atom is -0.345 e. The second kappa shape index (κ2) is 4.60. The first kappa shape index (κ1) is 11.2.